The Bertz CT molecular complexity index is 691. The number of halogens is 3. The van der Waals surface area contributed by atoms with Crippen molar-refractivity contribution in [2.45, 2.75) is 30.7 Å². The monoisotopic (exact) mass is 361 g/mol. The van der Waals surface area contributed by atoms with Gasteiger partial charge in [-0.25, -0.2) is 9.59 Å². The van der Waals surface area contributed by atoms with Gasteiger partial charge >= 0.3 is 18.1 Å². The Morgan fingerprint density at radius 1 is 1.17 bits per heavy atom. The van der Waals surface area contributed by atoms with Gasteiger partial charge in [-0.1, -0.05) is 0 Å². The Labute approximate surface area is 140 Å². The van der Waals surface area contributed by atoms with Gasteiger partial charge in [0.2, 0.25) is 0 Å². The molecule has 1 saturated heterocycles. The van der Waals surface area contributed by atoms with Gasteiger partial charge in [0.05, 0.1) is 11.3 Å². The first-order valence-corrected chi connectivity index (χ1v) is 7.94. The normalized spacial score (nSPS) is 17.2. The zero-order valence-electron chi connectivity index (χ0n) is 13.0. The van der Waals surface area contributed by atoms with Gasteiger partial charge in [0.25, 0.3) is 5.79 Å². The van der Waals surface area contributed by atoms with E-state index >= 15 is 0 Å². The van der Waals surface area contributed by atoms with Gasteiger partial charge in [0, 0.05) is 24.9 Å². The molecule has 0 aliphatic carbocycles. The van der Waals surface area contributed by atoms with Gasteiger partial charge in [0.1, 0.15) is 0 Å². The molecular formula is C15H14F3NO4S. The molecule has 0 saturated carbocycles. The molecule has 0 atom stereocenters. The molecule has 24 heavy (non-hydrogen) atoms. The van der Waals surface area contributed by atoms with Crippen LogP contribution < -0.4 is 5.32 Å². The number of hydrogen-bond donors (Lipinski definition) is 1. The minimum Gasteiger partial charge on any atom is -0.419 e. The number of nitrogens with one attached hydrogen (secondary N) is 1. The topological polar surface area (TPSA) is 64.6 Å². The summed E-state index contributed by atoms with van der Waals surface area (Å²) >= 11 is 1.16. The van der Waals surface area contributed by atoms with Gasteiger partial charge in [-0.15, -0.1) is 11.8 Å². The highest BCUT2D eigenvalue weighted by Crippen LogP contribution is 2.37. The summed E-state index contributed by atoms with van der Waals surface area (Å²) in [6, 6.07) is 3.68. The van der Waals surface area contributed by atoms with Crippen LogP contribution in [0, 0.1) is 0 Å². The Hall–Kier alpha value is -2.16. The molecule has 1 fully saturated rings. The fourth-order valence-corrected chi connectivity index (χ4v) is 2.38. The Balaban J connectivity index is 2.32. The maximum Gasteiger partial charge on any atom is 0.418 e. The second-order valence-electron chi connectivity index (χ2n) is 5.29. The zero-order valence-corrected chi connectivity index (χ0v) is 13.8. The van der Waals surface area contributed by atoms with Crippen LogP contribution in [-0.2, 0) is 25.2 Å². The molecule has 1 aliphatic rings. The number of hydrogen-bond acceptors (Lipinski definition) is 6. The maximum absolute atomic E-state index is 13.1. The lowest BCUT2D eigenvalue weighted by atomic mass is 10.1. The summed E-state index contributed by atoms with van der Waals surface area (Å²) in [4.78, 5) is 24.0. The molecule has 0 unspecified atom stereocenters. The van der Waals surface area contributed by atoms with E-state index in [2.05, 4.69) is 5.32 Å². The van der Waals surface area contributed by atoms with Crippen LogP contribution in [0.1, 0.15) is 19.4 Å². The van der Waals surface area contributed by atoms with Crippen molar-refractivity contribution < 1.29 is 32.2 Å². The van der Waals surface area contributed by atoms with Gasteiger partial charge < -0.3 is 14.8 Å². The van der Waals surface area contributed by atoms with Crippen LogP contribution >= 0.6 is 11.8 Å². The number of alkyl halides is 3. The minimum atomic E-state index is -4.60. The van der Waals surface area contributed by atoms with Crippen molar-refractivity contribution in [3.8, 4) is 0 Å². The van der Waals surface area contributed by atoms with Crippen molar-refractivity contribution in [2.75, 3.05) is 11.6 Å². The average molecular weight is 361 g/mol. The Morgan fingerprint density at radius 3 is 2.25 bits per heavy atom. The van der Waals surface area contributed by atoms with Gasteiger partial charge in [-0.2, -0.15) is 13.2 Å². The van der Waals surface area contributed by atoms with E-state index in [1.165, 1.54) is 26.0 Å². The molecule has 2 rings (SSSR count). The third kappa shape index (κ3) is 4.02. The zero-order chi connectivity index (χ0) is 18.1. The van der Waals surface area contributed by atoms with Gasteiger partial charge in [-0.3, -0.25) is 0 Å². The fraction of sp³-hybridized carbons (Fsp3) is 0.333. The molecule has 9 heteroatoms. The van der Waals surface area contributed by atoms with E-state index < -0.39 is 35.0 Å². The van der Waals surface area contributed by atoms with E-state index in [1.54, 1.807) is 6.26 Å². The third-order valence-electron chi connectivity index (χ3n) is 3.02. The average Bonchev–Trinajstić information content (AvgIpc) is 2.44. The molecule has 1 aliphatic heterocycles. The molecule has 5 nitrogen and oxygen atoms in total. The lowest BCUT2D eigenvalue weighted by molar-refractivity contribution is -0.222. The number of cyclic esters (lactones) is 2. The number of anilines is 1. The lowest BCUT2D eigenvalue weighted by Gasteiger charge is -2.29. The smallest absolute Gasteiger partial charge is 0.418 e. The van der Waals surface area contributed by atoms with Crippen molar-refractivity contribution in [2.24, 2.45) is 0 Å². The van der Waals surface area contributed by atoms with Crippen molar-refractivity contribution in [1.82, 2.24) is 0 Å². The highest BCUT2D eigenvalue weighted by molar-refractivity contribution is 7.98. The predicted octanol–water partition coefficient (Wildman–Crippen LogP) is 3.56. The minimum absolute atomic E-state index is 0.293. The van der Waals surface area contributed by atoms with E-state index in [9.17, 15) is 22.8 Å². The first-order chi connectivity index (χ1) is 11.0. The first kappa shape index (κ1) is 18.2. The molecule has 1 aromatic carbocycles. The van der Waals surface area contributed by atoms with E-state index in [1.807, 2.05) is 0 Å². The summed E-state index contributed by atoms with van der Waals surface area (Å²) in [7, 11) is 0. The summed E-state index contributed by atoms with van der Waals surface area (Å²) in [5, 5.41) is 2.34. The largest absolute Gasteiger partial charge is 0.419 e. The summed E-state index contributed by atoms with van der Waals surface area (Å²) in [5.74, 6) is -3.36. The quantitative estimate of drug-likeness (QED) is 0.384. The number of esters is 2. The number of carbonyl (C=O) groups excluding carboxylic acids is 2. The molecule has 0 spiro atoms. The SMILES string of the molecule is CSc1ccc(NC=C2C(=O)OC(C)(C)OC2=O)c(C(F)(F)F)c1. The first-order valence-electron chi connectivity index (χ1n) is 6.72. The van der Waals surface area contributed by atoms with Crippen LogP contribution in [0.25, 0.3) is 0 Å². The molecule has 1 heterocycles. The van der Waals surface area contributed by atoms with Crippen LogP contribution in [0.3, 0.4) is 0 Å². The van der Waals surface area contributed by atoms with E-state index in [4.69, 9.17) is 9.47 Å². The molecule has 0 aromatic heterocycles. The third-order valence-corrected chi connectivity index (χ3v) is 3.75. The summed E-state index contributed by atoms with van der Waals surface area (Å²) in [6.07, 6.45) is -2.09. The molecule has 0 radical (unpaired) electrons. The van der Waals surface area contributed by atoms with Crippen LogP contribution in [0.15, 0.2) is 34.9 Å². The molecule has 0 amide bonds. The van der Waals surface area contributed by atoms with Crippen molar-refractivity contribution in [1.29, 1.82) is 0 Å². The molecule has 130 valence electrons. The predicted molar refractivity (Wildman–Crippen MR) is 81.2 cm³/mol. The molecule has 1 aromatic rings. The van der Waals surface area contributed by atoms with Crippen molar-refractivity contribution >= 4 is 29.4 Å². The Morgan fingerprint density at radius 2 is 1.75 bits per heavy atom. The number of ether oxygens (including phenoxy) is 2. The number of rotatable bonds is 3. The number of carbonyl (C=O) groups is 2. The van der Waals surface area contributed by atoms with E-state index in [0.29, 0.717) is 4.90 Å². The Kier molecular flexibility index (Phi) is 4.84. The van der Waals surface area contributed by atoms with Crippen LogP contribution in [0.5, 0.6) is 0 Å². The summed E-state index contributed by atoms with van der Waals surface area (Å²) < 4.78 is 49.1. The number of benzene rings is 1. The summed E-state index contributed by atoms with van der Waals surface area (Å²) in [6.45, 7) is 2.74. The maximum atomic E-state index is 13.1. The highest BCUT2D eigenvalue weighted by atomic mass is 32.2. The number of thioether (sulfide) groups is 1. The van der Waals surface area contributed by atoms with Gasteiger partial charge in [0.15, 0.2) is 5.57 Å². The van der Waals surface area contributed by atoms with Crippen LogP contribution in [-0.4, -0.2) is 24.0 Å². The highest BCUT2D eigenvalue weighted by Gasteiger charge is 2.39. The van der Waals surface area contributed by atoms with Crippen LogP contribution in [0.2, 0.25) is 0 Å². The van der Waals surface area contributed by atoms with Crippen LogP contribution in [0.4, 0.5) is 18.9 Å². The second kappa shape index (κ2) is 6.39. The molecule has 1 N–H and O–H groups in total. The van der Waals surface area contributed by atoms with Crippen molar-refractivity contribution in [3.05, 3.63) is 35.5 Å². The molecule has 0 bridgehead atoms. The summed E-state index contributed by atoms with van der Waals surface area (Å²) in [5.41, 5.74) is -1.72. The van der Waals surface area contributed by atoms with E-state index in [0.717, 1.165) is 24.0 Å². The standard InChI is InChI=1S/C15H14F3NO4S/c1-14(2)22-12(20)9(13(21)23-14)7-19-11-5-4-8(24-3)6-10(11)15(16,17)18/h4-7,19H,1-3H3. The van der Waals surface area contributed by atoms with Crippen molar-refractivity contribution in [3.63, 3.8) is 0 Å². The fourth-order valence-electron chi connectivity index (χ4n) is 1.94. The van der Waals surface area contributed by atoms with Gasteiger partial charge in [-0.05, 0) is 24.5 Å². The second-order valence-corrected chi connectivity index (χ2v) is 6.17. The van der Waals surface area contributed by atoms with E-state index in [-0.39, 0.29) is 5.69 Å². The lowest BCUT2D eigenvalue weighted by Crippen LogP contribution is -2.42. The molecular weight excluding hydrogens is 347 g/mol.